The fourth-order valence-corrected chi connectivity index (χ4v) is 5.84. The molecule has 1 amide bonds. The number of aliphatic hydroxyl groups is 1. The minimum Gasteiger partial charge on any atom is -0.383 e. The van der Waals surface area contributed by atoms with Crippen molar-refractivity contribution in [3.63, 3.8) is 0 Å². The summed E-state index contributed by atoms with van der Waals surface area (Å²) in [6, 6.07) is 4.03. The number of H-pyrrole nitrogens is 1. The summed E-state index contributed by atoms with van der Waals surface area (Å²) in [5, 5.41) is 21.4. The molecule has 4 aromatic rings. The first kappa shape index (κ1) is 24.0. The summed E-state index contributed by atoms with van der Waals surface area (Å²) < 4.78 is 31.9. The number of hydrogen-bond acceptors (Lipinski definition) is 7. The minimum absolute atomic E-state index is 0.0373. The molecule has 3 aliphatic rings. The third-order valence-electron chi connectivity index (χ3n) is 7.75. The Kier molecular flexibility index (Phi) is 5.39. The Balaban J connectivity index is 1.20. The number of aromatic nitrogens is 7. The van der Waals surface area contributed by atoms with Crippen LogP contribution in [0.5, 0.6) is 0 Å². The van der Waals surface area contributed by atoms with E-state index in [1.807, 2.05) is 0 Å². The number of nitrogens with one attached hydrogen (secondary N) is 1. The van der Waals surface area contributed by atoms with Gasteiger partial charge in [-0.3, -0.25) is 9.78 Å². The molecule has 2 fully saturated rings. The first-order valence-electron chi connectivity index (χ1n) is 12.5. The van der Waals surface area contributed by atoms with Gasteiger partial charge in [-0.15, -0.1) is 5.10 Å². The zero-order valence-corrected chi connectivity index (χ0v) is 21.1. The van der Waals surface area contributed by atoms with Crippen molar-refractivity contribution in [2.45, 2.75) is 49.8 Å². The number of carbonyl (C=O) groups excluding carboxylic acids is 1. The van der Waals surface area contributed by atoms with Crippen LogP contribution >= 0.6 is 11.6 Å². The predicted molar refractivity (Wildman–Crippen MR) is 134 cm³/mol. The maximum absolute atomic E-state index is 15.3. The van der Waals surface area contributed by atoms with E-state index < -0.39 is 17.2 Å². The summed E-state index contributed by atoms with van der Waals surface area (Å²) >= 11 is 6.10. The summed E-state index contributed by atoms with van der Waals surface area (Å²) in [7, 11) is 0. The zero-order valence-electron chi connectivity index (χ0n) is 20.4. The number of amides is 1. The highest BCUT2D eigenvalue weighted by molar-refractivity contribution is 6.31. The Bertz CT molecular complexity index is 1650. The van der Waals surface area contributed by atoms with Crippen LogP contribution in [-0.4, -0.2) is 57.1 Å². The molecule has 7 rings (SSSR count). The van der Waals surface area contributed by atoms with Crippen LogP contribution < -0.4 is 0 Å². The average Bonchev–Trinajstić information content (AvgIpc) is 3.38. The number of pyridine rings is 1. The van der Waals surface area contributed by atoms with Gasteiger partial charge in [0.2, 0.25) is 5.91 Å². The summed E-state index contributed by atoms with van der Waals surface area (Å²) in [6.45, 7) is 0. The maximum atomic E-state index is 15.3. The number of rotatable bonds is 5. The van der Waals surface area contributed by atoms with Crippen LogP contribution in [0.15, 0.2) is 43.0 Å². The van der Waals surface area contributed by atoms with E-state index in [1.54, 1.807) is 11.0 Å². The van der Waals surface area contributed by atoms with Crippen molar-refractivity contribution in [2.24, 2.45) is 0 Å². The lowest BCUT2D eigenvalue weighted by Gasteiger charge is -2.33. The van der Waals surface area contributed by atoms with Gasteiger partial charge < -0.3 is 15.0 Å². The molecular weight excluding hydrogens is 530 g/mol. The highest BCUT2D eigenvalue weighted by atomic mass is 35.5. The van der Waals surface area contributed by atoms with Crippen LogP contribution in [0.3, 0.4) is 0 Å². The lowest BCUT2D eigenvalue weighted by atomic mass is 9.92. The van der Waals surface area contributed by atoms with Gasteiger partial charge >= 0.3 is 0 Å². The Morgan fingerprint density at radius 2 is 1.97 bits per heavy atom. The molecule has 0 bridgehead atoms. The van der Waals surface area contributed by atoms with E-state index in [0.717, 1.165) is 0 Å². The number of halogens is 3. The summed E-state index contributed by atoms with van der Waals surface area (Å²) in [6.07, 6.45) is 8.42. The van der Waals surface area contributed by atoms with Crippen LogP contribution in [0.2, 0.25) is 5.02 Å². The van der Waals surface area contributed by atoms with Crippen molar-refractivity contribution in [3.8, 4) is 16.9 Å². The fourth-order valence-electron chi connectivity index (χ4n) is 5.68. The van der Waals surface area contributed by atoms with Gasteiger partial charge in [0.05, 0.1) is 28.6 Å². The molecule has 2 N–H and O–H groups in total. The number of hydrogen-bond donors (Lipinski definition) is 2. The molecule has 10 nitrogen and oxygen atoms in total. The van der Waals surface area contributed by atoms with Gasteiger partial charge in [-0.2, -0.15) is 4.68 Å². The first-order valence-corrected chi connectivity index (χ1v) is 12.9. The number of benzene rings is 1. The highest BCUT2D eigenvalue weighted by Crippen LogP contribution is 2.47. The minimum atomic E-state index is -1.21. The molecule has 5 heterocycles. The van der Waals surface area contributed by atoms with Crippen molar-refractivity contribution in [1.82, 2.24) is 40.1 Å². The Hall–Kier alpha value is -4.03. The van der Waals surface area contributed by atoms with Crippen LogP contribution in [0.25, 0.3) is 22.5 Å². The van der Waals surface area contributed by atoms with Crippen LogP contribution in [-0.2, 0) is 10.4 Å². The van der Waals surface area contributed by atoms with Crippen molar-refractivity contribution in [1.29, 1.82) is 0 Å². The molecular formula is C26H21ClF2N8O2. The summed E-state index contributed by atoms with van der Waals surface area (Å²) in [5.74, 6) is -0.974. The molecule has 3 aromatic heterocycles. The zero-order chi connectivity index (χ0) is 26.9. The quantitative estimate of drug-likeness (QED) is 0.386. The number of imidazole rings is 1. The van der Waals surface area contributed by atoms with Gasteiger partial charge in [0.25, 0.3) is 0 Å². The van der Waals surface area contributed by atoms with E-state index in [-0.39, 0.29) is 39.8 Å². The van der Waals surface area contributed by atoms with Crippen LogP contribution in [0.1, 0.15) is 55.2 Å². The molecule has 0 spiro atoms. The molecule has 1 saturated carbocycles. The molecule has 39 heavy (non-hydrogen) atoms. The van der Waals surface area contributed by atoms with Gasteiger partial charge in [0.15, 0.2) is 11.6 Å². The van der Waals surface area contributed by atoms with Gasteiger partial charge in [0, 0.05) is 29.4 Å². The molecule has 1 saturated heterocycles. The Morgan fingerprint density at radius 1 is 1.13 bits per heavy atom. The molecule has 0 unspecified atom stereocenters. The number of carbonyl (C=O) groups is 1. The SMILES string of the molecule is O=C1C=C(c2c(-n3cnnn3)ccc(Cl)c2F)C[C@H]2CC[C@@H](c3ncc(-c4ccnc(C5(O)CC5)c4F)[nH]3)N12. The lowest BCUT2D eigenvalue weighted by molar-refractivity contribution is -0.129. The molecule has 2 aliphatic heterocycles. The second-order valence-electron chi connectivity index (χ2n) is 10.1. The second kappa shape index (κ2) is 8.75. The van der Waals surface area contributed by atoms with E-state index >= 15 is 8.78 Å². The average molecular weight is 551 g/mol. The molecule has 2 atom stereocenters. The fraction of sp³-hybridized carbons (Fsp3) is 0.308. The summed E-state index contributed by atoms with van der Waals surface area (Å²) in [4.78, 5) is 26.9. The van der Waals surface area contributed by atoms with Crippen molar-refractivity contribution >= 4 is 23.1 Å². The summed E-state index contributed by atoms with van der Waals surface area (Å²) in [5.41, 5.74) is 0.603. The van der Waals surface area contributed by atoms with E-state index in [0.29, 0.717) is 54.9 Å². The van der Waals surface area contributed by atoms with Gasteiger partial charge in [-0.25, -0.2) is 13.8 Å². The predicted octanol–water partition coefficient (Wildman–Crippen LogP) is 3.88. The van der Waals surface area contributed by atoms with Gasteiger partial charge in [0.1, 0.15) is 23.4 Å². The Labute approximate surface area is 225 Å². The van der Waals surface area contributed by atoms with Crippen LogP contribution in [0.4, 0.5) is 8.78 Å². The van der Waals surface area contributed by atoms with E-state index in [4.69, 9.17) is 11.6 Å². The normalized spacial score (nSPS) is 21.7. The topological polar surface area (TPSA) is 126 Å². The second-order valence-corrected chi connectivity index (χ2v) is 10.5. The molecule has 0 radical (unpaired) electrons. The van der Waals surface area contributed by atoms with E-state index in [2.05, 4.69) is 30.5 Å². The van der Waals surface area contributed by atoms with E-state index in [1.165, 1.54) is 41.6 Å². The molecule has 13 heteroatoms. The van der Waals surface area contributed by atoms with E-state index in [9.17, 15) is 9.90 Å². The Morgan fingerprint density at radius 3 is 2.74 bits per heavy atom. The van der Waals surface area contributed by atoms with Gasteiger partial charge in [-0.1, -0.05) is 11.6 Å². The third kappa shape index (κ3) is 3.85. The first-order chi connectivity index (χ1) is 18.8. The molecule has 1 aromatic carbocycles. The van der Waals surface area contributed by atoms with Crippen molar-refractivity contribution < 1.29 is 18.7 Å². The highest BCUT2D eigenvalue weighted by Gasteiger charge is 2.46. The van der Waals surface area contributed by atoms with Crippen molar-refractivity contribution in [2.75, 3.05) is 0 Å². The third-order valence-corrected chi connectivity index (χ3v) is 8.05. The standard InChI is InChI=1S/C26H21ClF2N8O2/c27-16-2-4-18(36-12-32-34-35-36)21(23(16)29)13-9-14-1-3-19(37(14)20(38)10-13)25-31-11-17(33-25)15-5-8-30-24(22(15)28)26(39)6-7-26/h2,4-5,8,10-12,14,19,39H,1,3,6-7,9H2,(H,31,33)/t14-,19+/m1/s1. The molecule has 198 valence electrons. The number of fused-ring (bicyclic) bond motifs is 1. The smallest absolute Gasteiger partial charge is 0.247 e. The van der Waals surface area contributed by atoms with Gasteiger partial charge in [-0.05, 0) is 66.3 Å². The largest absolute Gasteiger partial charge is 0.383 e. The number of nitrogens with zero attached hydrogens (tertiary/aromatic N) is 7. The maximum Gasteiger partial charge on any atom is 0.247 e. The lowest BCUT2D eigenvalue weighted by Crippen LogP contribution is -2.39. The number of tetrazole rings is 1. The van der Waals surface area contributed by atoms with Crippen molar-refractivity contribution in [3.05, 3.63) is 76.7 Å². The van der Waals surface area contributed by atoms with Crippen LogP contribution in [0, 0.1) is 11.6 Å². The number of aromatic amines is 1. The monoisotopic (exact) mass is 550 g/mol. The molecule has 1 aliphatic carbocycles.